The molecule has 0 saturated heterocycles. The first-order chi connectivity index (χ1) is 8.22. The predicted octanol–water partition coefficient (Wildman–Crippen LogP) is 2.69. The Morgan fingerprint density at radius 1 is 1.35 bits per heavy atom. The predicted molar refractivity (Wildman–Crippen MR) is 70.6 cm³/mol. The fourth-order valence-electron chi connectivity index (χ4n) is 1.75. The van der Waals surface area contributed by atoms with Crippen LogP contribution in [0.5, 0.6) is 5.75 Å². The summed E-state index contributed by atoms with van der Waals surface area (Å²) < 4.78 is 10.9. The van der Waals surface area contributed by atoms with Crippen molar-refractivity contribution in [2.24, 2.45) is 0 Å². The summed E-state index contributed by atoms with van der Waals surface area (Å²) in [6.07, 6.45) is 1.05. The number of benzene rings is 1. The third-order valence-corrected chi connectivity index (χ3v) is 2.82. The van der Waals surface area contributed by atoms with Crippen LogP contribution in [0.3, 0.4) is 0 Å². The van der Waals surface area contributed by atoms with E-state index in [1.54, 1.807) is 7.11 Å². The molecular weight excluding hydrogens is 214 g/mol. The Hall–Kier alpha value is -1.06. The van der Waals surface area contributed by atoms with E-state index in [-0.39, 0.29) is 6.04 Å². The van der Waals surface area contributed by atoms with Gasteiger partial charge in [0.15, 0.2) is 0 Å². The fraction of sp³-hybridized carbons (Fsp3) is 0.571. The zero-order valence-corrected chi connectivity index (χ0v) is 11.2. The van der Waals surface area contributed by atoms with Gasteiger partial charge in [-0.2, -0.15) is 0 Å². The molecule has 1 rings (SSSR count). The van der Waals surface area contributed by atoms with E-state index in [2.05, 4.69) is 30.4 Å². The van der Waals surface area contributed by atoms with Crippen LogP contribution in [0.4, 0.5) is 0 Å². The zero-order chi connectivity index (χ0) is 12.7. The van der Waals surface area contributed by atoms with Crippen LogP contribution in [0.2, 0.25) is 0 Å². The number of likely N-dealkylation sites (N-methyl/N-ethyl adjacent to an activating group) is 1. The Bertz CT molecular complexity index is 339. The highest BCUT2D eigenvalue weighted by Crippen LogP contribution is 2.23. The minimum absolute atomic E-state index is 0.219. The fourth-order valence-corrected chi connectivity index (χ4v) is 1.75. The molecule has 0 radical (unpaired) electrons. The molecule has 0 aliphatic heterocycles. The Balaban J connectivity index is 2.73. The first-order valence-electron chi connectivity index (χ1n) is 6.12. The van der Waals surface area contributed by atoms with Gasteiger partial charge in [0.05, 0.1) is 19.8 Å². The number of ether oxygens (including phenoxy) is 2. The molecule has 17 heavy (non-hydrogen) atoms. The molecule has 0 fully saturated rings. The number of methoxy groups -OCH3 is 1. The lowest BCUT2D eigenvalue weighted by Gasteiger charge is -2.18. The number of rotatable bonds is 7. The molecule has 0 saturated carbocycles. The number of nitrogens with one attached hydrogen (secondary N) is 1. The van der Waals surface area contributed by atoms with E-state index in [0.717, 1.165) is 24.3 Å². The first kappa shape index (κ1) is 14.0. The normalized spacial score (nSPS) is 12.5. The number of hydrogen-bond donors (Lipinski definition) is 1. The van der Waals surface area contributed by atoms with Crippen LogP contribution in [-0.2, 0) is 4.74 Å². The maximum Gasteiger partial charge on any atom is 0.122 e. The Kier molecular flexibility index (Phi) is 6.01. The molecular formula is C14H23NO2. The quantitative estimate of drug-likeness (QED) is 0.740. The monoisotopic (exact) mass is 237 g/mol. The van der Waals surface area contributed by atoms with Gasteiger partial charge in [-0.25, -0.2) is 0 Å². The first-order valence-corrected chi connectivity index (χ1v) is 6.12. The zero-order valence-electron chi connectivity index (χ0n) is 11.2. The molecule has 0 spiro atoms. The second kappa shape index (κ2) is 7.30. The molecule has 1 unspecified atom stereocenters. The maximum atomic E-state index is 5.59. The SMILES string of the molecule is CCCOCC(NC)c1ccc(C)c(OC)c1. The third-order valence-electron chi connectivity index (χ3n) is 2.82. The van der Waals surface area contributed by atoms with E-state index in [1.807, 2.05) is 14.0 Å². The van der Waals surface area contributed by atoms with Crippen LogP contribution in [0.1, 0.15) is 30.5 Å². The Morgan fingerprint density at radius 3 is 2.71 bits per heavy atom. The Morgan fingerprint density at radius 2 is 2.12 bits per heavy atom. The van der Waals surface area contributed by atoms with Gasteiger partial charge in [0, 0.05) is 6.61 Å². The third kappa shape index (κ3) is 4.02. The highest BCUT2D eigenvalue weighted by atomic mass is 16.5. The van der Waals surface area contributed by atoms with E-state index in [9.17, 15) is 0 Å². The average molecular weight is 237 g/mol. The minimum atomic E-state index is 0.219. The number of hydrogen-bond acceptors (Lipinski definition) is 3. The lowest BCUT2D eigenvalue weighted by molar-refractivity contribution is 0.114. The van der Waals surface area contributed by atoms with Gasteiger partial charge in [0.2, 0.25) is 0 Å². The topological polar surface area (TPSA) is 30.5 Å². The second-order valence-corrected chi connectivity index (χ2v) is 4.15. The molecule has 3 heteroatoms. The molecule has 0 aromatic heterocycles. The summed E-state index contributed by atoms with van der Waals surface area (Å²) in [7, 11) is 3.65. The average Bonchev–Trinajstić information content (AvgIpc) is 2.36. The maximum absolute atomic E-state index is 5.59. The summed E-state index contributed by atoms with van der Waals surface area (Å²) in [6.45, 7) is 5.66. The van der Waals surface area contributed by atoms with E-state index in [0.29, 0.717) is 6.61 Å². The molecule has 1 aromatic rings. The molecule has 1 atom stereocenters. The number of aryl methyl sites for hydroxylation is 1. The van der Waals surface area contributed by atoms with Crippen LogP contribution in [-0.4, -0.2) is 27.4 Å². The molecule has 0 heterocycles. The van der Waals surface area contributed by atoms with Gasteiger partial charge in [-0.15, -0.1) is 0 Å². The van der Waals surface area contributed by atoms with Crippen molar-refractivity contribution in [3.05, 3.63) is 29.3 Å². The van der Waals surface area contributed by atoms with E-state index in [4.69, 9.17) is 9.47 Å². The summed E-state index contributed by atoms with van der Waals surface area (Å²) >= 11 is 0. The second-order valence-electron chi connectivity index (χ2n) is 4.15. The molecule has 1 N–H and O–H groups in total. The van der Waals surface area contributed by atoms with Crippen LogP contribution in [0.25, 0.3) is 0 Å². The standard InChI is InChI=1S/C14H23NO2/c1-5-8-17-10-13(15-3)12-7-6-11(2)14(9-12)16-4/h6-7,9,13,15H,5,8,10H2,1-4H3. The molecule has 0 aliphatic rings. The van der Waals surface area contributed by atoms with Crippen LogP contribution in [0, 0.1) is 6.92 Å². The van der Waals surface area contributed by atoms with Gasteiger partial charge in [-0.05, 0) is 37.6 Å². The van der Waals surface area contributed by atoms with Crippen LogP contribution >= 0.6 is 0 Å². The molecule has 0 aliphatic carbocycles. The highest BCUT2D eigenvalue weighted by molar-refractivity contribution is 5.37. The summed E-state index contributed by atoms with van der Waals surface area (Å²) in [5.74, 6) is 0.929. The van der Waals surface area contributed by atoms with Gasteiger partial charge in [-0.3, -0.25) is 0 Å². The van der Waals surface area contributed by atoms with Gasteiger partial charge >= 0.3 is 0 Å². The van der Waals surface area contributed by atoms with Crippen molar-refractivity contribution >= 4 is 0 Å². The van der Waals surface area contributed by atoms with Crippen molar-refractivity contribution < 1.29 is 9.47 Å². The molecule has 0 amide bonds. The Labute approximate surface area is 104 Å². The summed E-state index contributed by atoms with van der Waals surface area (Å²) in [5, 5.41) is 3.27. The van der Waals surface area contributed by atoms with E-state index < -0.39 is 0 Å². The lowest BCUT2D eigenvalue weighted by atomic mass is 10.0. The summed E-state index contributed by atoms with van der Waals surface area (Å²) in [5.41, 5.74) is 2.35. The minimum Gasteiger partial charge on any atom is -0.496 e. The van der Waals surface area contributed by atoms with E-state index in [1.165, 1.54) is 5.56 Å². The lowest BCUT2D eigenvalue weighted by Crippen LogP contribution is -2.22. The molecule has 0 bridgehead atoms. The van der Waals surface area contributed by atoms with Gasteiger partial charge in [0.1, 0.15) is 5.75 Å². The molecule has 3 nitrogen and oxygen atoms in total. The summed E-state index contributed by atoms with van der Waals surface area (Å²) in [6, 6.07) is 6.49. The molecule has 1 aromatic carbocycles. The van der Waals surface area contributed by atoms with E-state index >= 15 is 0 Å². The van der Waals surface area contributed by atoms with Crippen LogP contribution < -0.4 is 10.1 Å². The smallest absolute Gasteiger partial charge is 0.122 e. The van der Waals surface area contributed by atoms with Crippen molar-refractivity contribution in [2.45, 2.75) is 26.3 Å². The van der Waals surface area contributed by atoms with Crippen molar-refractivity contribution in [2.75, 3.05) is 27.4 Å². The largest absolute Gasteiger partial charge is 0.496 e. The summed E-state index contributed by atoms with van der Waals surface area (Å²) in [4.78, 5) is 0. The van der Waals surface area contributed by atoms with Crippen molar-refractivity contribution in [1.29, 1.82) is 0 Å². The van der Waals surface area contributed by atoms with Crippen molar-refractivity contribution in [3.8, 4) is 5.75 Å². The van der Waals surface area contributed by atoms with Gasteiger partial charge < -0.3 is 14.8 Å². The van der Waals surface area contributed by atoms with Gasteiger partial charge in [-0.1, -0.05) is 19.1 Å². The van der Waals surface area contributed by atoms with Gasteiger partial charge in [0.25, 0.3) is 0 Å². The highest BCUT2D eigenvalue weighted by Gasteiger charge is 2.11. The van der Waals surface area contributed by atoms with Crippen molar-refractivity contribution in [1.82, 2.24) is 5.32 Å². The molecule has 96 valence electrons. The van der Waals surface area contributed by atoms with Crippen LogP contribution in [0.15, 0.2) is 18.2 Å². The van der Waals surface area contributed by atoms with Crippen molar-refractivity contribution in [3.63, 3.8) is 0 Å².